The van der Waals surface area contributed by atoms with Gasteiger partial charge in [-0.2, -0.15) is 0 Å². The number of aliphatic imine (C=N–C) groups is 1. The molecule has 0 saturated heterocycles. The molecule has 1 aromatic carbocycles. The van der Waals surface area contributed by atoms with E-state index in [-0.39, 0.29) is 42.2 Å². The van der Waals surface area contributed by atoms with Gasteiger partial charge in [-0.05, 0) is 48.2 Å². The minimum Gasteiger partial charge on any atom is -0.352 e. The number of halogens is 2. The average molecular weight is 462 g/mol. The number of nitrogens with zero attached hydrogens (tertiary/aromatic N) is 1. The van der Waals surface area contributed by atoms with Gasteiger partial charge < -0.3 is 16.0 Å². The summed E-state index contributed by atoms with van der Waals surface area (Å²) < 4.78 is 12.8. The summed E-state index contributed by atoms with van der Waals surface area (Å²) in [5, 5.41) is 10.8. The van der Waals surface area contributed by atoms with Gasteiger partial charge in [0.25, 0.3) is 0 Å². The van der Waals surface area contributed by atoms with Crippen LogP contribution in [0.4, 0.5) is 10.1 Å². The lowest BCUT2D eigenvalue weighted by atomic mass is 10.3. The van der Waals surface area contributed by atoms with Gasteiger partial charge in [0.05, 0.1) is 13.1 Å². The largest absolute Gasteiger partial charge is 0.352 e. The zero-order valence-electron chi connectivity index (χ0n) is 13.4. The highest BCUT2D eigenvalue weighted by molar-refractivity contribution is 14.0. The van der Waals surface area contributed by atoms with Crippen molar-refractivity contribution >= 4 is 52.9 Å². The fourth-order valence-electron chi connectivity index (χ4n) is 1.87. The number of thiophene rings is 1. The third-order valence-electron chi connectivity index (χ3n) is 3.15. The van der Waals surface area contributed by atoms with Crippen LogP contribution in [0.3, 0.4) is 0 Å². The van der Waals surface area contributed by atoms with Crippen LogP contribution in [0.2, 0.25) is 0 Å². The fourth-order valence-corrected chi connectivity index (χ4v) is 2.72. The second-order valence-corrected chi connectivity index (χ2v) is 5.86. The van der Waals surface area contributed by atoms with Crippen molar-refractivity contribution in [3.63, 3.8) is 0 Å². The van der Waals surface area contributed by atoms with E-state index in [0.717, 1.165) is 0 Å². The van der Waals surface area contributed by atoms with Crippen molar-refractivity contribution in [3.05, 3.63) is 52.0 Å². The van der Waals surface area contributed by atoms with Gasteiger partial charge in [0.2, 0.25) is 5.91 Å². The number of guanidine groups is 1. The Balaban J connectivity index is 0.00000288. The van der Waals surface area contributed by atoms with Crippen molar-refractivity contribution < 1.29 is 9.18 Å². The first kappa shape index (κ1) is 20.4. The van der Waals surface area contributed by atoms with Crippen LogP contribution in [-0.4, -0.2) is 25.5 Å². The van der Waals surface area contributed by atoms with E-state index in [1.807, 2.05) is 5.38 Å². The summed E-state index contributed by atoms with van der Waals surface area (Å²) in [6, 6.07) is 7.69. The molecule has 0 spiro atoms. The van der Waals surface area contributed by atoms with Crippen LogP contribution in [0.25, 0.3) is 0 Å². The van der Waals surface area contributed by atoms with Crippen LogP contribution < -0.4 is 16.0 Å². The Labute approximate surface area is 161 Å². The van der Waals surface area contributed by atoms with Gasteiger partial charge in [-0.25, -0.2) is 4.39 Å². The molecule has 1 heterocycles. The van der Waals surface area contributed by atoms with Crippen LogP contribution in [-0.2, 0) is 11.3 Å². The zero-order valence-corrected chi connectivity index (χ0v) is 16.6. The first-order valence-electron chi connectivity index (χ1n) is 7.11. The number of amides is 1. The van der Waals surface area contributed by atoms with Crippen LogP contribution in [0, 0.1) is 12.7 Å². The normalized spacial score (nSPS) is 10.7. The predicted octanol–water partition coefficient (Wildman–Crippen LogP) is 3.12. The molecule has 0 aliphatic heterocycles. The third-order valence-corrected chi connectivity index (χ3v) is 4.18. The van der Waals surface area contributed by atoms with Crippen molar-refractivity contribution in [2.75, 3.05) is 18.9 Å². The Kier molecular flexibility index (Phi) is 8.69. The lowest BCUT2D eigenvalue weighted by Crippen LogP contribution is -2.41. The Morgan fingerprint density at radius 1 is 1.21 bits per heavy atom. The van der Waals surface area contributed by atoms with E-state index in [0.29, 0.717) is 18.2 Å². The fraction of sp³-hybridized carbons (Fsp3) is 0.250. The lowest BCUT2D eigenvalue weighted by molar-refractivity contribution is -0.115. The van der Waals surface area contributed by atoms with Crippen LogP contribution in [0.5, 0.6) is 0 Å². The number of benzene rings is 1. The highest BCUT2D eigenvalue weighted by Gasteiger charge is 2.06. The minimum atomic E-state index is -0.338. The quantitative estimate of drug-likeness (QED) is 0.364. The second kappa shape index (κ2) is 10.2. The number of hydrogen-bond acceptors (Lipinski definition) is 3. The Morgan fingerprint density at radius 3 is 2.50 bits per heavy atom. The molecule has 5 nitrogen and oxygen atoms in total. The Morgan fingerprint density at radius 2 is 1.92 bits per heavy atom. The molecule has 0 fully saturated rings. The van der Waals surface area contributed by atoms with Gasteiger partial charge in [0.15, 0.2) is 5.96 Å². The van der Waals surface area contributed by atoms with E-state index in [1.54, 1.807) is 18.4 Å². The molecular formula is C16H20FIN4OS. The number of rotatable bonds is 5. The SMILES string of the molecule is CN=C(NCC(=O)Nc1ccc(F)cc1)NCc1sccc1C.I. The molecule has 0 aliphatic rings. The smallest absolute Gasteiger partial charge is 0.243 e. The summed E-state index contributed by atoms with van der Waals surface area (Å²) in [4.78, 5) is 17.2. The van der Waals surface area contributed by atoms with Gasteiger partial charge in [-0.1, -0.05) is 0 Å². The van der Waals surface area contributed by atoms with Crippen molar-refractivity contribution in [2.45, 2.75) is 13.5 Å². The number of carbonyl (C=O) groups excluding carboxylic acids is 1. The molecule has 0 radical (unpaired) electrons. The van der Waals surface area contributed by atoms with Gasteiger partial charge >= 0.3 is 0 Å². The molecule has 1 amide bonds. The Bertz CT molecular complexity index is 688. The molecule has 0 bridgehead atoms. The molecule has 2 aromatic rings. The van der Waals surface area contributed by atoms with Crippen molar-refractivity contribution in [1.82, 2.24) is 10.6 Å². The number of anilines is 1. The van der Waals surface area contributed by atoms with Crippen LogP contribution >= 0.6 is 35.3 Å². The second-order valence-electron chi connectivity index (χ2n) is 4.86. The van der Waals surface area contributed by atoms with Gasteiger partial charge in [0.1, 0.15) is 5.82 Å². The Hall–Kier alpha value is -1.68. The molecular weight excluding hydrogens is 442 g/mol. The van der Waals surface area contributed by atoms with E-state index in [2.05, 4.69) is 33.9 Å². The maximum atomic E-state index is 12.8. The standard InChI is InChI=1S/C16H19FN4OS.HI/c1-11-7-8-23-14(11)9-19-16(18-2)20-10-15(22)21-13-5-3-12(17)4-6-13;/h3-8H,9-10H2,1-2H3,(H,21,22)(H2,18,19,20);1H. The zero-order chi connectivity index (χ0) is 16.7. The molecule has 130 valence electrons. The molecule has 0 aliphatic carbocycles. The summed E-state index contributed by atoms with van der Waals surface area (Å²) >= 11 is 1.67. The monoisotopic (exact) mass is 462 g/mol. The molecule has 8 heteroatoms. The van der Waals surface area contributed by atoms with Crippen molar-refractivity contribution in [1.29, 1.82) is 0 Å². The molecule has 0 saturated carbocycles. The molecule has 2 rings (SSSR count). The maximum absolute atomic E-state index is 12.8. The van der Waals surface area contributed by atoms with Crippen LogP contribution in [0.1, 0.15) is 10.4 Å². The maximum Gasteiger partial charge on any atom is 0.243 e. The summed E-state index contributed by atoms with van der Waals surface area (Å²) in [5.41, 5.74) is 1.78. The first-order valence-corrected chi connectivity index (χ1v) is 7.99. The molecule has 0 atom stereocenters. The van der Waals surface area contributed by atoms with Crippen molar-refractivity contribution in [2.24, 2.45) is 4.99 Å². The number of carbonyl (C=O) groups is 1. The lowest BCUT2D eigenvalue weighted by Gasteiger charge is -2.12. The number of aryl methyl sites for hydroxylation is 1. The highest BCUT2D eigenvalue weighted by Crippen LogP contribution is 2.14. The van der Waals surface area contributed by atoms with E-state index >= 15 is 0 Å². The van der Waals surface area contributed by atoms with E-state index in [9.17, 15) is 9.18 Å². The molecule has 1 aromatic heterocycles. The van der Waals surface area contributed by atoms with Gasteiger partial charge in [-0.15, -0.1) is 35.3 Å². The predicted molar refractivity (Wildman–Crippen MR) is 108 cm³/mol. The van der Waals surface area contributed by atoms with Gasteiger partial charge in [0, 0.05) is 17.6 Å². The van der Waals surface area contributed by atoms with E-state index in [4.69, 9.17) is 0 Å². The van der Waals surface area contributed by atoms with E-state index in [1.165, 1.54) is 34.7 Å². The summed E-state index contributed by atoms with van der Waals surface area (Å²) in [7, 11) is 1.65. The first-order chi connectivity index (χ1) is 11.1. The van der Waals surface area contributed by atoms with Gasteiger partial charge in [-0.3, -0.25) is 9.79 Å². The minimum absolute atomic E-state index is 0. The summed E-state index contributed by atoms with van der Waals surface area (Å²) in [5.74, 6) is -0.0199. The average Bonchev–Trinajstić information content (AvgIpc) is 2.95. The molecule has 3 N–H and O–H groups in total. The summed E-state index contributed by atoms with van der Waals surface area (Å²) in [6.07, 6.45) is 0. The third kappa shape index (κ3) is 6.44. The summed E-state index contributed by atoms with van der Waals surface area (Å²) in [6.45, 7) is 2.78. The van der Waals surface area contributed by atoms with Crippen molar-refractivity contribution in [3.8, 4) is 0 Å². The van der Waals surface area contributed by atoms with Crippen LogP contribution in [0.15, 0.2) is 40.7 Å². The van der Waals surface area contributed by atoms with E-state index < -0.39 is 0 Å². The molecule has 24 heavy (non-hydrogen) atoms. The molecule has 0 unspecified atom stereocenters. The number of nitrogens with one attached hydrogen (secondary N) is 3. The number of hydrogen-bond donors (Lipinski definition) is 3. The highest BCUT2D eigenvalue weighted by atomic mass is 127. The topological polar surface area (TPSA) is 65.5 Å².